The summed E-state index contributed by atoms with van der Waals surface area (Å²) in [6, 6.07) is 12.3. The van der Waals surface area contributed by atoms with E-state index in [1.807, 2.05) is 0 Å². The molecule has 0 amide bonds. The van der Waals surface area contributed by atoms with E-state index in [9.17, 15) is 45.3 Å². The quantitative estimate of drug-likeness (QED) is 0.151. The number of aromatic hydroxyl groups is 7. The zero-order valence-corrected chi connectivity index (χ0v) is 20.8. The highest BCUT2D eigenvalue weighted by Gasteiger charge is 2.32. The summed E-state index contributed by atoms with van der Waals surface area (Å²) in [7, 11) is 0. The van der Waals surface area contributed by atoms with E-state index in [4.69, 9.17) is 9.15 Å². The minimum Gasteiger partial charge on any atom is -0.508 e. The van der Waals surface area contributed by atoms with Gasteiger partial charge < -0.3 is 44.9 Å². The van der Waals surface area contributed by atoms with Crippen LogP contribution in [-0.4, -0.2) is 41.5 Å². The van der Waals surface area contributed by atoms with Gasteiger partial charge in [0.05, 0.1) is 12.0 Å². The van der Waals surface area contributed by atoms with Crippen molar-refractivity contribution in [1.29, 1.82) is 0 Å². The predicted molar refractivity (Wildman–Crippen MR) is 144 cm³/mol. The third-order valence-electron chi connectivity index (χ3n) is 6.85. The van der Waals surface area contributed by atoms with Crippen LogP contribution < -0.4 is 10.2 Å². The van der Waals surface area contributed by atoms with E-state index in [1.54, 1.807) is 0 Å². The minimum absolute atomic E-state index is 0.0195. The molecule has 11 heteroatoms. The number of hydrogen-bond acceptors (Lipinski definition) is 11. The van der Waals surface area contributed by atoms with Crippen LogP contribution in [0, 0.1) is 0 Å². The highest BCUT2D eigenvalue weighted by atomic mass is 16.5. The highest BCUT2D eigenvalue weighted by molar-refractivity contribution is 6.03. The van der Waals surface area contributed by atoms with Gasteiger partial charge in [0.25, 0.3) is 0 Å². The van der Waals surface area contributed by atoms with E-state index < -0.39 is 46.1 Å². The molecule has 0 bridgehead atoms. The monoisotopic (exact) mass is 556 g/mol. The molecular weight excluding hydrogens is 536 g/mol. The van der Waals surface area contributed by atoms with Gasteiger partial charge in [0, 0.05) is 35.4 Å². The summed E-state index contributed by atoms with van der Waals surface area (Å²) in [6.07, 6.45) is -1.33. The van der Waals surface area contributed by atoms with Crippen molar-refractivity contribution in [3.05, 3.63) is 82.0 Å². The van der Waals surface area contributed by atoms with Crippen LogP contribution in [0.25, 0.3) is 33.4 Å². The van der Waals surface area contributed by atoms with Crippen LogP contribution >= 0.6 is 0 Å². The van der Waals surface area contributed by atoms with Crippen LogP contribution in [0.4, 0.5) is 0 Å². The van der Waals surface area contributed by atoms with E-state index in [2.05, 4.69) is 0 Å². The first-order valence-electron chi connectivity index (χ1n) is 12.2. The Morgan fingerprint density at radius 3 is 2.12 bits per heavy atom. The largest absolute Gasteiger partial charge is 0.508 e. The van der Waals surface area contributed by atoms with E-state index in [-0.39, 0.29) is 62.7 Å². The molecule has 5 aromatic rings. The van der Waals surface area contributed by atoms with Crippen LogP contribution in [0.1, 0.15) is 28.4 Å². The number of rotatable bonds is 3. The number of ketones is 1. The van der Waals surface area contributed by atoms with Crippen molar-refractivity contribution in [2.75, 3.05) is 0 Å². The summed E-state index contributed by atoms with van der Waals surface area (Å²) >= 11 is 0. The van der Waals surface area contributed by atoms with E-state index >= 15 is 0 Å². The number of phenols is 7. The molecule has 6 rings (SSSR count). The van der Waals surface area contributed by atoms with Gasteiger partial charge in [-0.15, -0.1) is 0 Å². The van der Waals surface area contributed by atoms with Crippen molar-refractivity contribution < 1.29 is 49.7 Å². The lowest BCUT2D eigenvalue weighted by molar-refractivity contribution is 0.0844. The Hall–Kier alpha value is -5.84. The number of carbonyl (C=O) groups excluding carboxylic acids is 1. The Morgan fingerprint density at radius 1 is 0.683 bits per heavy atom. The second kappa shape index (κ2) is 9.12. The fourth-order valence-corrected chi connectivity index (χ4v) is 4.96. The van der Waals surface area contributed by atoms with Gasteiger partial charge in [0.1, 0.15) is 57.3 Å². The lowest BCUT2D eigenvalue weighted by atomic mass is 9.92. The summed E-state index contributed by atoms with van der Waals surface area (Å²) in [5, 5.41) is 72.1. The number of carbonyl (C=O) groups is 1. The van der Waals surface area contributed by atoms with Crippen molar-refractivity contribution >= 4 is 16.8 Å². The lowest BCUT2D eigenvalue weighted by Crippen LogP contribution is -2.20. The molecule has 2 heterocycles. The first-order valence-corrected chi connectivity index (χ1v) is 12.2. The van der Waals surface area contributed by atoms with E-state index in [0.29, 0.717) is 5.56 Å². The molecule has 0 fully saturated rings. The summed E-state index contributed by atoms with van der Waals surface area (Å²) in [5.74, 6) is -3.97. The molecule has 0 unspecified atom stereocenters. The molecule has 0 saturated heterocycles. The number of fused-ring (bicyclic) bond motifs is 2. The Bertz CT molecular complexity index is 1960. The summed E-state index contributed by atoms with van der Waals surface area (Å²) in [6.45, 7) is 0. The maximum Gasteiger partial charge on any atom is 0.197 e. The van der Waals surface area contributed by atoms with Crippen LogP contribution in [0.15, 0.2) is 69.9 Å². The summed E-state index contributed by atoms with van der Waals surface area (Å²) in [4.78, 5) is 25.9. The molecule has 41 heavy (non-hydrogen) atoms. The minimum atomic E-state index is -1.05. The molecule has 11 nitrogen and oxygen atoms in total. The zero-order chi connectivity index (χ0) is 29.2. The Balaban J connectivity index is 1.56. The third kappa shape index (κ3) is 4.16. The molecule has 4 aromatic carbocycles. The second-order valence-corrected chi connectivity index (χ2v) is 9.52. The standard InChI is InChI=1S/C30H20O11/c31-14-3-1-12(2-4-14)23-11-21(37)28-19(35)9-18(34)26(30(28)41-23)16-5-13(6-22(38)29(16)39)24-10-20(36)27-17(33)7-15(32)8-25(27)40-24/h1-9,11,24,31-35,38-39H,10H2/t24-/m0/s1. The molecule has 7 N–H and O–H groups in total. The van der Waals surface area contributed by atoms with Crippen molar-refractivity contribution in [3.63, 3.8) is 0 Å². The molecule has 1 aliphatic heterocycles. The molecular formula is C30H20O11. The molecule has 1 atom stereocenters. The maximum atomic E-state index is 13.1. The fourth-order valence-electron chi connectivity index (χ4n) is 4.96. The van der Waals surface area contributed by atoms with Crippen molar-refractivity contribution in [2.24, 2.45) is 0 Å². The van der Waals surface area contributed by atoms with Crippen molar-refractivity contribution in [2.45, 2.75) is 12.5 Å². The van der Waals surface area contributed by atoms with Gasteiger partial charge in [-0.2, -0.15) is 0 Å². The van der Waals surface area contributed by atoms with Gasteiger partial charge in [-0.3, -0.25) is 9.59 Å². The normalized spacial score (nSPS) is 14.5. The first-order chi connectivity index (χ1) is 19.5. The number of benzene rings is 4. The lowest BCUT2D eigenvalue weighted by Gasteiger charge is -2.27. The summed E-state index contributed by atoms with van der Waals surface area (Å²) in [5.41, 5.74) is -1.02. The molecule has 1 aliphatic rings. The van der Waals surface area contributed by atoms with Crippen LogP contribution in [0.5, 0.6) is 46.0 Å². The molecule has 0 radical (unpaired) electrons. The average Bonchev–Trinajstić information content (AvgIpc) is 2.90. The second-order valence-electron chi connectivity index (χ2n) is 9.52. The SMILES string of the molecule is O=C1C[C@@H](c2cc(O)c(O)c(-c3c(O)cc(O)c4c(=O)cc(-c5ccc(O)cc5)oc34)c2)Oc2cc(O)cc(O)c21. The van der Waals surface area contributed by atoms with Crippen LogP contribution in [0.3, 0.4) is 0 Å². The number of Topliss-reactive ketones (excluding diaryl/α,β-unsaturated/α-hetero) is 1. The topological polar surface area (TPSA) is 198 Å². The molecule has 206 valence electrons. The first kappa shape index (κ1) is 25.4. The smallest absolute Gasteiger partial charge is 0.197 e. The predicted octanol–water partition coefficient (Wildman–Crippen LogP) is 4.77. The van der Waals surface area contributed by atoms with Crippen LogP contribution in [0.2, 0.25) is 0 Å². The molecule has 0 aliphatic carbocycles. The van der Waals surface area contributed by atoms with E-state index in [1.165, 1.54) is 30.3 Å². The number of phenolic OH excluding ortho intramolecular Hbond substituents is 7. The third-order valence-corrected chi connectivity index (χ3v) is 6.85. The zero-order valence-electron chi connectivity index (χ0n) is 20.8. The van der Waals surface area contributed by atoms with Gasteiger partial charge >= 0.3 is 0 Å². The van der Waals surface area contributed by atoms with Gasteiger partial charge in [0.2, 0.25) is 0 Å². The average molecular weight is 556 g/mol. The summed E-state index contributed by atoms with van der Waals surface area (Å²) < 4.78 is 11.8. The van der Waals surface area contributed by atoms with Gasteiger partial charge in [-0.05, 0) is 42.0 Å². The Morgan fingerprint density at radius 2 is 1.39 bits per heavy atom. The fraction of sp³-hybridized carbons (Fsp3) is 0.0667. The van der Waals surface area contributed by atoms with Gasteiger partial charge in [-0.25, -0.2) is 0 Å². The van der Waals surface area contributed by atoms with E-state index in [0.717, 1.165) is 30.3 Å². The maximum absolute atomic E-state index is 13.1. The Labute approximate surface area is 229 Å². The van der Waals surface area contributed by atoms with Crippen molar-refractivity contribution in [1.82, 2.24) is 0 Å². The highest BCUT2D eigenvalue weighted by Crippen LogP contribution is 2.49. The number of hydrogen-bond donors (Lipinski definition) is 7. The van der Waals surface area contributed by atoms with Gasteiger partial charge in [-0.1, -0.05) is 0 Å². The number of ether oxygens (including phenoxy) is 1. The molecule has 0 saturated carbocycles. The van der Waals surface area contributed by atoms with Crippen molar-refractivity contribution in [3.8, 4) is 68.4 Å². The van der Waals surface area contributed by atoms with Gasteiger partial charge in [0.15, 0.2) is 28.3 Å². The Kier molecular flexibility index (Phi) is 5.66. The molecule has 0 spiro atoms. The van der Waals surface area contributed by atoms with Crippen LogP contribution in [-0.2, 0) is 0 Å². The molecule has 1 aromatic heterocycles.